The first-order valence-electron chi connectivity index (χ1n) is 9.30. The van der Waals surface area contributed by atoms with E-state index in [1.807, 2.05) is 36.4 Å². The highest BCUT2D eigenvalue weighted by atomic mass is 16.5. The number of hydrogen-bond donors (Lipinski definition) is 0. The molecule has 2 amide bonds. The summed E-state index contributed by atoms with van der Waals surface area (Å²) in [5.41, 5.74) is 1.71. The smallest absolute Gasteiger partial charge is 0.312 e. The molecule has 134 valence electrons. The molecular weight excluding hydrogens is 330 g/mol. The number of aromatic nitrogens is 1. The predicted molar refractivity (Wildman–Crippen MR) is 93.7 cm³/mol. The van der Waals surface area contributed by atoms with Gasteiger partial charge in [0.1, 0.15) is 5.69 Å². The van der Waals surface area contributed by atoms with Crippen molar-refractivity contribution in [3.8, 4) is 11.3 Å². The summed E-state index contributed by atoms with van der Waals surface area (Å²) >= 11 is 0. The molecule has 2 unspecified atom stereocenters. The van der Waals surface area contributed by atoms with Gasteiger partial charge in [-0.15, -0.1) is 0 Å². The van der Waals surface area contributed by atoms with Crippen molar-refractivity contribution in [1.82, 2.24) is 15.0 Å². The molecule has 0 radical (unpaired) electrons. The van der Waals surface area contributed by atoms with Crippen molar-refractivity contribution in [2.75, 3.05) is 13.1 Å². The molecule has 0 bridgehead atoms. The van der Waals surface area contributed by atoms with Crippen LogP contribution < -0.4 is 0 Å². The van der Waals surface area contributed by atoms with Crippen molar-refractivity contribution >= 4 is 11.8 Å². The largest absolute Gasteiger partial charge is 0.359 e. The van der Waals surface area contributed by atoms with E-state index in [1.165, 1.54) is 6.42 Å². The lowest BCUT2D eigenvalue weighted by Gasteiger charge is -2.37. The van der Waals surface area contributed by atoms with Gasteiger partial charge in [0.05, 0.1) is 6.54 Å². The summed E-state index contributed by atoms with van der Waals surface area (Å²) in [6.45, 7) is 1.46. The van der Waals surface area contributed by atoms with Crippen molar-refractivity contribution in [2.24, 2.45) is 11.8 Å². The van der Waals surface area contributed by atoms with E-state index in [1.54, 1.807) is 9.80 Å². The zero-order chi connectivity index (χ0) is 17.7. The average Bonchev–Trinajstić information content (AvgIpc) is 3.06. The van der Waals surface area contributed by atoms with Crippen LogP contribution in [0.4, 0.5) is 0 Å². The maximum atomic E-state index is 12.5. The molecule has 1 aromatic carbocycles. The minimum atomic E-state index is -0.422. The van der Waals surface area contributed by atoms with E-state index in [0.717, 1.165) is 35.9 Å². The van der Waals surface area contributed by atoms with E-state index >= 15 is 0 Å². The number of amides is 2. The van der Waals surface area contributed by atoms with Gasteiger partial charge in [0, 0.05) is 30.8 Å². The van der Waals surface area contributed by atoms with Crippen LogP contribution in [0.25, 0.3) is 11.3 Å². The van der Waals surface area contributed by atoms with Gasteiger partial charge >= 0.3 is 11.8 Å². The third-order valence-corrected chi connectivity index (χ3v) is 5.98. The normalized spacial score (nSPS) is 27.8. The maximum absolute atomic E-state index is 12.5. The molecule has 5 rings (SSSR count). The number of nitrogens with zero attached hydrogens (tertiary/aromatic N) is 3. The van der Waals surface area contributed by atoms with Gasteiger partial charge in [-0.3, -0.25) is 9.59 Å². The van der Waals surface area contributed by atoms with E-state index in [9.17, 15) is 9.59 Å². The zero-order valence-corrected chi connectivity index (χ0v) is 14.5. The minimum Gasteiger partial charge on any atom is -0.359 e. The lowest BCUT2D eigenvalue weighted by atomic mass is 10.1. The van der Waals surface area contributed by atoms with Gasteiger partial charge < -0.3 is 14.3 Å². The van der Waals surface area contributed by atoms with Crippen molar-refractivity contribution < 1.29 is 14.1 Å². The highest BCUT2D eigenvalue weighted by molar-refractivity contribution is 6.35. The molecule has 6 heteroatoms. The number of carbonyl (C=O) groups excluding carboxylic acids is 2. The third-order valence-electron chi connectivity index (χ3n) is 5.98. The Morgan fingerprint density at radius 3 is 2.54 bits per heavy atom. The zero-order valence-electron chi connectivity index (χ0n) is 14.5. The van der Waals surface area contributed by atoms with Gasteiger partial charge in [-0.25, -0.2) is 0 Å². The van der Waals surface area contributed by atoms with Gasteiger partial charge in [0.2, 0.25) is 0 Å². The molecule has 2 atom stereocenters. The van der Waals surface area contributed by atoms with E-state index in [2.05, 4.69) is 5.16 Å². The first kappa shape index (κ1) is 15.6. The Hall–Kier alpha value is -2.63. The van der Waals surface area contributed by atoms with Gasteiger partial charge in [-0.05, 0) is 31.1 Å². The number of hydrogen-bond acceptors (Lipinski definition) is 4. The Bertz CT molecular complexity index is 837. The molecule has 2 aliphatic carbocycles. The number of rotatable bonds is 4. The van der Waals surface area contributed by atoms with Crippen molar-refractivity contribution in [1.29, 1.82) is 0 Å². The van der Waals surface area contributed by atoms with Crippen LogP contribution in [0, 0.1) is 11.8 Å². The fraction of sp³-hybridized carbons (Fsp3) is 0.450. The fourth-order valence-corrected chi connectivity index (χ4v) is 4.45. The standard InChI is InChI=1S/C20H21N3O3/c24-19-20(25)23(16-9-14-8-15(14)10-16)7-6-22(19)12-17-11-18(21-26-17)13-4-2-1-3-5-13/h1-5,11,14-16H,6-10,12H2. The Labute approximate surface area is 151 Å². The summed E-state index contributed by atoms with van der Waals surface area (Å²) in [6.07, 6.45) is 3.46. The van der Waals surface area contributed by atoms with Crippen molar-refractivity contribution in [2.45, 2.75) is 31.8 Å². The van der Waals surface area contributed by atoms with Gasteiger partial charge in [-0.1, -0.05) is 35.5 Å². The Morgan fingerprint density at radius 1 is 1.00 bits per heavy atom. The molecule has 0 spiro atoms. The van der Waals surface area contributed by atoms with Crippen LogP contribution in [0.3, 0.4) is 0 Å². The number of fused-ring (bicyclic) bond motifs is 1. The van der Waals surface area contributed by atoms with Gasteiger partial charge in [0.15, 0.2) is 5.76 Å². The second kappa shape index (κ2) is 5.97. The number of carbonyl (C=O) groups is 2. The molecule has 3 aliphatic rings. The summed E-state index contributed by atoms with van der Waals surface area (Å²) in [6, 6.07) is 11.9. The quantitative estimate of drug-likeness (QED) is 0.793. The van der Waals surface area contributed by atoms with Crippen LogP contribution in [0.15, 0.2) is 40.9 Å². The van der Waals surface area contributed by atoms with Crippen LogP contribution in [0.2, 0.25) is 0 Å². The molecule has 6 nitrogen and oxygen atoms in total. The van der Waals surface area contributed by atoms with Gasteiger partial charge in [0.25, 0.3) is 0 Å². The first-order chi connectivity index (χ1) is 12.7. The molecule has 1 aromatic heterocycles. The summed E-state index contributed by atoms with van der Waals surface area (Å²) in [7, 11) is 0. The highest BCUT2D eigenvalue weighted by Gasteiger charge is 2.50. The number of benzene rings is 1. The molecule has 1 aliphatic heterocycles. The van der Waals surface area contributed by atoms with Crippen LogP contribution in [-0.2, 0) is 16.1 Å². The molecule has 26 heavy (non-hydrogen) atoms. The average molecular weight is 351 g/mol. The highest BCUT2D eigenvalue weighted by Crippen LogP contribution is 2.53. The summed E-state index contributed by atoms with van der Waals surface area (Å²) < 4.78 is 5.38. The molecule has 2 heterocycles. The maximum Gasteiger partial charge on any atom is 0.312 e. The monoisotopic (exact) mass is 351 g/mol. The van der Waals surface area contributed by atoms with E-state index < -0.39 is 5.91 Å². The lowest BCUT2D eigenvalue weighted by Crippen LogP contribution is -2.56. The summed E-state index contributed by atoms with van der Waals surface area (Å²) in [4.78, 5) is 28.5. The molecular formula is C20H21N3O3. The van der Waals surface area contributed by atoms with Crippen LogP contribution >= 0.6 is 0 Å². The van der Waals surface area contributed by atoms with Crippen LogP contribution in [0.5, 0.6) is 0 Å². The summed E-state index contributed by atoms with van der Waals surface area (Å²) in [5.74, 6) is 1.42. The van der Waals surface area contributed by atoms with Crippen LogP contribution in [0.1, 0.15) is 25.0 Å². The van der Waals surface area contributed by atoms with E-state index in [4.69, 9.17) is 4.52 Å². The molecule has 0 N–H and O–H groups in total. The van der Waals surface area contributed by atoms with Gasteiger partial charge in [-0.2, -0.15) is 0 Å². The third kappa shape index (κ3) is 2.69. The Kier molecular flexibility index (Phi) is 3.58. The van der Waals surface area contributed by atoms with Crippen molar-refractivity contribution in [3.63, 3.8) is 0 Å². The fourth-order valence-electron chi connectivity index (χ4n) is 4.45. The first-order valence-corrected chi connectivity index (χ1v) is 9.30. The SMILES string of the molecule is O=C1C(=O)N(C2CC3CC3C2)CCN1Cc1cc(-c2ccccc2)no1. The molecule has 1 saturated heterocycles. The lowest BCUT2D eigenvalue weighted by molar-refractivity contribution is -0.158. The topological polar surface area (TPSA) is 66.7 Å². The molecule has 2 aromatic rings. The second-order valence-electron chi connectivity index (χ2n) is 7.65. The van der Waals surface area contributed by atoms with E-state index in [-0.39, 0.29) is 18.5 Å². The predicted octanol–water partition coefficient (Wildman–Crippen LogP) is 2.31. The van der Waals surface area contributed by atoms with Crippen LogP contribution in [-0.4, -0.2) is 45.9 Å². The second-order valence-corrected chi connectivity index (χ2v) is 7.65. The van der Waals surface area contributed by atoms with E-state index in [0.29, 0.717) is 18.8 Å². The Morgan fingerprint density at radius 2 is 1.77 bits per heavy atom. The molecule has 3 fully saturated rings. The minimum absolute atomic E-state index is 0.271. The molecule has 2 saturated carbocycles. The summed E-state index contributed by atoms with van der Waals surface area (Å²) in [5, 5.41) is 4.08. The van der Waals surface area contributed by atoms with Crippen molar-refractivity contribution in [3.05, 3.63) is 42.2 Å². The number of piperazine rings is 1. The Balaban J connectivity index is 1.25.